The maximum Gasteiger partial charge on any atom is 0.0140 e. The Morgan fingerprint density at radius 2 is 1.79 bits per heavy atom. The summed E-state index contributed by atoms with van der Waals surface area (Å²) in [7, 11) is 0. The van der Waals surface area contributed by atoms with Crippen molar-refractivity contribution in [3.05, 3.63) is 40.5 Å². The van der Waals surface area contributed by atoms with Gasteiger partial charge in [0.2, 0.25) is 0 Å². The summed E-state index contributed by atoms with van der Waals surface area (Å²) in [4.78, 5) is 0. The number of aryl methyl sites for hydroxylation is 2. The van der Waals surface area contributed by atoms with Crippen molar-refractivity contribution in [1.29, 1.82) is 0 Å². The van der Waals surface area contributed by atoms with Crippen molar-refractivity contribution in [3.63, 3.8) is 0 Å². The third kappa shape index (κ3) is 3.00. The third-order valence-electron chi connectivity index (χ3n) is 2.33. The van der Waals surface area contributed by atoms with Crippen LogP contribution >= 0.6 is 0 Å². The van der Waals surface area contributed by atoms with Crippen LogP contribution < -0.4 is 5.73 Å². The van der Waals surface area contributed by atoms with E-state index in [4.69, 9.17) is 5.73 Å². The van der Waals surface area contributed by atoms with Gasteiger partial charge in [-0.25, -0.2) is 0 Å². The van der Waals surface area contributed by atoms with E-state index in [2.05, 4.69) is 45.0 Å². The number of nitrogens with two attached hydrogens (primary N) is 1. The monoisotopic (exact) mass is 189 g/mol. The number of hydrogen-bond acceptors (Lipinski definition) is 1. The van der Waals surface area contributed by atoms with Gasteiger partial charge in [-0.2, -0.15) is 0 Å². The van der Waals surface area contributed by atoms with Gasteiger partial charge in [0.15, 0.2) is 0 Å². The lowest BCUT2D eigenvalue weighted by Gasteiger charge is -2.03. The highest BCUT2D eigenvalue weighted by Gasteiger charge is 1.95. The van der Waals surface area contributed by atoms with Gasteiger partial charge in [-0.3, -0.25) is 0 Å². The molecule has 0 aliphatic carbocycles. The molecule has 1 aromatic carbocycles. The molecule has 1 aromatic rings. The average Bonchev–Trinajstić information content (AvgIpc) is 2.12. The SMILES string of the molecule is CC/C(=C/c1cc(C)cc(C)c1)CN. The maximum atomic E-state index is 5.64. The second-order valence-electron chi connectivity index (χ2n) is 3.78. The van der Waals surface area contributed by atoms with E-state index in [1.165, 1.54) is 22.3 Å². The van der Waals surface area contributed by atoms with Gasteiger partial charge in [0.1, 0.15) is 0 Å². The van der Waals surface area contributed by atoms with Crippen molar-refractivity contribution in [2.24, 2.45) is 5.73 Å². The molecule has 0 saturated heterocycles. The van der Waals surface area contributed by atoms with E-state index in [0.717, 1.165) is 6.42 Å². The van der Waals surface area contributed by atoms with Crippen LogP contribution in [0.2, 0.25) is 0 Å². The highest BCUT2D eigenvalue weighted by atomic mass is 14.5. The molecular weight excluding hydrogens is 170 g/mol. The molecule has 1 rings (SSSR count). The largest absolute Gasteiger partial charge is 0.327 e. The Morgan fingerprint density at radius 1 is 1.21 bits per heavy atom. The minimum atomic E-state index is 0.656. The zero-order chi connectivity index (χ0) is 10.6. The molecule has 1 nitrogen and oxygen atoms in total. The molecule has 0 heterocycles. The van der Waals surface area contributed by atoms with E-state index < -0.39 is 0 Å². The highest BCUT2D eigenvalue weighted by molar-refractivity contribution is 5.55. The summed E-state index contributed by atoms with van der Waals surface area (Å²) in [6, 6.07) is 6.57. The molecule has 76 valence electrons. The molecule has 0 amide bonds. The molecule has 0 saturated carbocycles. The van der Waals surface area contributed by atoms with E-state index in [9.17, 15) is 0 Å². The number of rotatable bonds is 3. The summed E-state index contributed by atoms with van der Waals surface area (Å²) in [5.74, 6) is 0. The lowest BCUT2D eigenvalue weighted by molar-refractivity contribution is 1.02. The Hall–Kier alpha value is -1.08. The molecule has 14 heavy (non-hydrogen) atoms. The Labute approximate surface area is 86.6 Å². The van der Waals surface area contributed by atoms with E-state index in [0.29, 0.717) is 6.54 Å². The van der Waals surface area contributed by atoms with E-state index in [1.807, 2.05) is 0 Å². The highest BCUT2D eigenvalue weighted by Crippen LogP contribution is 2.13. The summed E-state index contributed by atoms with van der Waals surface area (Å²) in [6.45, 7) is 7.04. The van der Waals surface area contributed by atoms with Crippen LogP contribution in [0, 0.1) is 13.8 Å². The van der Waals surface area contributed by atoms with Crippen LogP contribution in [0.25, 0.3) is 6.08 Å². The van der Waals surface area contributed by atoms with Gasteiger partial charge in [0.25, 0.3) is 0 Å². The molecule has 0 radical (unpaired) electrons. The van der Waals surface area contributed by atoms with E-state index in [1.54, 1.807) is 0 Å². The first-order chi connectivity index (χ1) is 6.65. The summed E-state index contributed by atoms with van der Waals surface area (Å²) in [5, 5.41) is 0. The summed E-state index contributed by atoms with van der Waals surface area (Å²) in [6.07, 6.45) is 3.23. The Morgan fingerprint density at radius 3 is 2.21 bits per heavy atom. The lowest BCUT2D eigenvalue weighted by atomic mass is 10.0. The summed E-state index contributed by atoms with van der Waals surface area (Å²) < 4.78 is 0. The number of hydrogen-bond donors (Lipinski definition) is 1. The summed E-state index contributed by atoms with van der Waals surface area (Å²) >= 11 is 0. The molecule has 1 heteroatoms. The first kappa shape index (κ1) is 11.0. The quantitative estimate of drug-likeness (QED) is 0.777. The Kier molecular flexibility index (Phi) is 3.90. The average molecular weight is 189 g/mol. The maximum absolute atomic E-state index is 5.64. The van der Waals surface area contributed by atoms with Crippen LogP contribution in [0.15, 0.2) is 23.8 Å². The zero-order valence-electron chi connectivity index (χ0n) is 9.30. The minimum Gasteiger partial charge on any atom is -0.327 e. The van der Waals surface area contributed by atoms with Gasteiger partial charge in [0, 0.05) is 6.54 Å². The number of benzene rings is 1. The van der Waals surface area contributed by atoms with Gasteiger partial charge >= 0.3 is 0 Å². The first-order valence-electron chi connectivity index (χ1n) is 5.13. The van der Waals surface area contributed by atoms with Crippen molar-refractivity contribution >= 4 is 6.08 Å². The van der Waals surface area contributed by atoms with Crippen LogP contribution in [0.4, 0.5) is 0 Å². The molecule has 0 aromatic heterocycles. The fourth-order valence-electron chi connectivity index (χ4n) is 1.63. The van der Waals surface area contributed by atoms with Crippen LogP contribution in [-0.2, 0) is 0 Å². The molecule has 0 atom stereocenters. The first-order valence-corrected chi connectivity index (χ1v) is 5.13. The predicted molar refractivity (Wildman–Crippen MR) is 63.2 cm³/mol. The molecular formula is C13H19N. The topological polar surface area (TPSA) is 26.0 Å². The zero-order valence-corrected chi connectivity index (χ0v) is 9.30. The van der Waals surface area contributed by atoms with E-state index in [-0.39, 0.29) is 0 Å². The van der Waals surface area contributed by atoms with Crippen molar-refractivity contribution in [3.8, 4) is 0 Å². The van der Waals surface area contributed by atoms with Crippen molar-refractivity contribution in [1.82, 2.24) is 0 Å². The summed E-state index contributed by atoms with van der Waals surface area (Å²) in [5.41, 5.74) is 10.8. The molecule has 0 spiro atoms. The van der Waals surface area contributed by atoms with Gasteiger partial charge in [-0.15, -0.1) is 0 Å². The Bertz CT molecular complexity index is 311. The van der Waals surface area contributed by atoms with E-state index >= 15 is 0 Å². The van der Waals surface area contributed by atoms with Crippen molar-refractivity contribution in [2.45, 2.75) is 27.2 Å². The lowest BCUT2D eigenvalue weighted by Crippen LogP contribution is -2.01. The van der Waals surface area contributed by atoms with Gasteiger partial charge in [-0.1, -0.05) is 47.9 Å². The molecule has 2 N–H and O–H groups in total. The second kappa shape index (κ2) is 4.97. The van der Waals surface area contributed by atoms with Gasteiger partial charge in [0.05, 0.1) is 0 Å². The fourth-order valence-corrected chi connectivity index (χ4v) is 1.63. The second-order valence-corrected chi connectivity index (χ2v) is 3.78. The Balaban J connectivity index is 3.01. The minimum absolute atomic E-state index is 0.656. The van der Waals surface area contributed by atoms with Crippen LogP contribution in [0.5, 0.6) is 0 Å². The predicted octanol–water partition coefficient (Wildman–Crippen LogP) is 3.06. The van der Waals surface area contributed by atoms with Gasteiger partial charge in [-0.05, 0) is 25.8 Å². The fraction of sp³-hybridized carbons (Fsp3) is 0.385. The standard InChI is InChI=1S/C13H19N/c1-4-12(9-14)8-13-6-10(2)5-11(3)7-13/h5-8H,4,9,14H2,1-3H3/b12-8-. The van der Waals surface area contributed by atoms with Crippen LogP contribution in [-0.4, -0.2) is 6.54 Å². The molecule has 0 unspecified atom stereocenters. The van der Waals surface area contributed by atoms with Gasteiger partial charge < -0.3 is 5.73 Å². The third-order valence-corrected chi connectivity index (χ3v) is 2.33. The van der Waals surface area contributed by atoms with Crippen LogP contribution in [0.3, 0.4) is 0 Å². The molecule has 0 aliphatic heterocycles. The van der Waals surface area contributed by atoms with Crippen LogP contribution in [0.1, 0.15) is 30.0 Å². The van der Waals surface area contributed by atoms with Crippen molar-refractivity contribution in [2.75, 3.05) is 6.54 Å². The van der Waals surface area contributed by atoms with Crippen molar-refractivity contribution < 1.29 is 0 Å². The molecule has 0 aliphatic rings. The molecule has 0 fully saturated rings. The molecule has 0 bridgehead atoms. The smallest absolute Gasteiger partial charge is 0.0140 e. The normalized spacial score (nSPS) is 11.9.